The van der Waals surface area contributed by atoms with Gasteiger partial charge in [0.25, 0.3) is 0 Å². The molecule has 3 rings (SSSR count). The summed E-state index contributed by atoms with van der Waals surface area (Å²) < 4.78 is 34.7. The van der Waals surface area contributed by atoms with E-state index in [1.165, 1.54) is 12.1 Å². The van der Waals surface area contributed by atoms with Gasteiger partial charge in [0.15, 0.2) is 11.5 Å². The van der Waals surface area contributed by atoms with Gasteiger partial charge in [0.05, 0.1) is 12.1 Å². The zero-order valence-electron chi connectivity index (χ0n) is 12.0. The predicted molar refractivity (Wildman–Crippen MR) is 83.0 cm³/mol. The average Bonchev–Trinajstić information content (AvgIpc) is 2.80. The molecule has 0 radical (unpaired) electrons. The van der Waals surface area contributed by atoms with Gasteiger partial charge in [-0.2, -0.15) is 0 Å². The molecule has 7 heteroatoms. The first-order valence-electron chi connectivity index (χ1n) is 6.82. The first kappa shape index (κ1) is 17.5. The average molecular weight is 344 g/mol. The Hall–Kier alpha value is -1.89. The lowest BCUT2D eigenvalue weighted by Crippen LogP contribution is -2.28. The van der Waals surface area contributed by atoms with Crippen LogP contribution in [0.2, 0.25) is 0 Å². The van der Waals surface area contributed by atoms with Crippen molar-refractivity contribution in [1.29, 1.82) is 0 Å². The Kier molecular flexibility index (Phi) is 5.09. The summed E-state index contributed by atoms with van der Waals surface area (Å²) in [5, 5.41) is 10.2. The maximum atomic E-state index is 13.0. The van der Waals surface area contributed by atoms with Crippen LogP contribution in [0.15, 0.2) is 48.5 Å². The van der Waals surface area contributed by atoms with Crippen LogP contribution >= 0.6 is 12.4 Å². The largest absolute Gasteiger partial charge is 0.586 e. The first-order chi connectivity index (χ1) is 10.4. The van der Waals surface area contributed by atoms with Gasteiger partial charge in [-0.1, -0.05) is 36.4 Å². The Morgan fingerprint density at radius 3 is 2.39 bits per heavy atom. The number of rotatable bonds is 4. The third kappa shape index (κ3) is 3.90. The van der Waals surface area contributed by atoms with Gasteiger partial charge >= 0.3 is 6.29 Å². The van der Waals surface area contributed by atoms with Crippen LogP contribution in [0.3, 0.4) is 0 Å². The highest BCUT2D eigenvalue weighted by molar-refractivity contribution is 5.85. The molecule has 2 aromatic carbocycles. The van der Waals surface area contributed by atoms with Crippen molar-refractivity contribution in [2.24, 2.45) is 5.73 Å². The fourth-order valence-electron chi connectivity index (χ4n) is 2.38. The van der Waals surface area contributed by atoms with Crippen molar-refractivity contribution in [2.75, 3.05) is 0 Å². The monoisotopic (exact) mass is 343 g/mol. The summed E-state index contributed by atoms with van der Waals surface area (Å²) in [6.07, 6.45) is -4.14. The molecule has 0 fully saturated rings. The Bertz CT molecular complexity index is 670. The summed E-state index contributed by atoms with van der Waals surface area (Å²) in [4.78, 5) is 0. The van der Waals surface area contributed by atoms with Gasteiger partial charge in [-0.3, -0.25) is 0 Å². The van der Waals surface area contributed by atoms with Crippen LogP contribution in [0.1, 0.15) is 17.2 Å². The lowest BCUT2D eigenvalue weighted by Gasteiger charge is -2.19. The van der Waals surface area contributed by atoms with E-state index in [9.17, 15) is 13.9 Å². The summed E-state index contributed by atoms with van der Waals surface area (Å²) in [6.45, 7) is 0. The highest BCUT2D eigenvalue weighted by atomic mass is 35.5. The molecule has 0 saturated heterocycles. The van der Waals surface area contributed by atoms with Crippen LogP contribution in [-0.2, 0) is 6.42 Å². The van der Waals surface area contributed by atoms with Crippen LogP contribution in [0, 0.1) is 0 Å². The van der Waals surface area contributed by atoms with Crippen molar-refractivity contribution >= 4 is 12.4 Å². The van der Waals surface area contributed by atoms with Gasteiger partial charge in [0.2, 0.25) is 0 Å². The number of nitrogens with two attached hydrogens (primary N) is 1. The topological polar surface area (TPSA) is 64.7 Å². The first-order valence-corrected chi connectivity index (χ1v) is 6.82. The molecule has 2 aromatic rings. The van der Waals surface area contributed by atoms with Gasteiger partial charge < -0.3 is 20.3 Å². The molecule has 124 valence electrons. The minimum Gasteiger partial charge on any atom is -0.395 e. The summed E-state index contributed by atoms with van der Waals surface area (Å²) in [7, 11) is 0. The zero-order chi connectivity index (χ0) is 15.7. The maximum Gasteiger partial charge on any atom is 0.586 e. The van der Waals surface area contributed by atoms with Crippen molar-refractivity contribution in [3.8, 4) is 11.5 Å². The molecule has 1 aliphatic heterocycles. The number of hydrogen-bond acceptors (Lipinski definition) is 4. The Balaban J connectivity index is 0.00000192. The highest BCUT2D eigenvalue weighted by Crippen LogP contribution is 2.42. The molecule has 0 aliphatic carbocycles. The normalized spacial score (nSPS) is 17.2. The summed E-state index contributed by atoms with van der Waals surface area (Å²) in [5.41, 5.74) is 7.46. The number of aliphatic hydroxyl groups is 1. The number of ether oxygens (including phenoxy) is 2. The Labute approximate surface area is 138 Å². The van der Waals surface area contributed by atoms with Crippen molar-refractivity contribution < 1.29 is 23.4 Å². The summed E-state index contributed by atoms with van der Waals surface area (Å²) in [5.74, 6) is -0.122. The third-order valence-electron chi connectivity index (χ3n) is 3.51. The van der Waals surface area contributed by atoms with Crippen LogP contribution in [0.5, 0.6) is 11.5 Å². The lowest BCUT2D eigenvalue weighted by atomic mass is 9.96. The van der Waals surface area contributed by atoms with Crippen LogP contribution in [0.25, 0.3) is 0 Å². The van der Waals surface area contributed by atoms with E-state index in [-0.39, 0.29) is 23.9 Å². The number of benzene rings is 2. The van der Waals surface area contributed by atoms with Crippen molar-refractivity contribution in [2.45, 2.75) is 24.9 Å². The molecule has 0 amide bonds. The van der Waals surface area contributed by atoms with E-state index in [1.54, 1.807) is 6.07 Å². The van der Waals surface area contributed by atoms with Crippen molar-refractivity contribution in [3.63, 3.8) is 0 Å². The molecule has 0 aromatic heterocycles. The second-order valence-corrected chi connectivity index (χ2v) is 5.16. The molecule has 1 aliphatic rings. The summed E-state index contributed by atoms with van der Waals surface area (Å²) in [6, 6.07) is 13.0. The van der Waals surface area contributed by atoms with Crippen molar-refractivity contribution in [3.05, 3.63) is 59.7 Å². The predicted octanol–water partition coefficient (Wildman–Crippen LogP) is 3.03. The van der Waals surface area contributed by atoms with Gasteiger partial charge in [0.1, 0.15) is 0 Å². The second kappa shape index (κ2) is 6.70. The molecule has 2 atom stereocenters. The number of fused-ring (bicyclic) bond motifs is 1. The van der Waals surface area contributed by atoms with E-state index in [4.69, 9.17) is 5.73 Å². The smallest absolute Gasteiger partial charge is 0.395 e. The molecular weight excluding hydrogens is 328 g/mol. The fourth-order valence-corrected chi connectivity index (χ4v) is 2.38. The van der Waals surface area contributed by atoms with Gasteiger partial charge in [-0.05, 0) is 23.3 Å². The van der Waals surface area contributed by atoms with Gasteiger partial charge in [0, 0.05) is 6.42 Å². The number of alkyl halides is 2. The Morgan fingerprint density at radius 2 is 1.70 bits per heavy atom. The van der Waals surface area contributed by atoms with E-state index in [0.29, 0.717) is 12.0 Å². The standard InChI is InChI=1S/C16H15F2NO3.ClH/c17-16(18)21-13-7-6-11(9-14(13)22-16)15(19)12(20)8-10-4-2-1-3-5-10;/h1-7,9,12,15,20H,8,19H2;1H/t12-,15+;/m0./s1. The summed E-state index contributed by atoms with van der Waals surface area (Å²) >= 11 is 0. The van der Waals surface area contributed by atoms with E-state index < -0.39 is 18.4 Å². The van der Waals surface area contributed by atoms with Crippen LogP contribution in [0.4, 0.5) is 8.78 Å². The quantitative estimate of drug-likeness (QED) is 0.895. The van der Waals surface area contributed by atoms with Gasteiger partial charge in [-0.25, -0.2) is 0 Å². The maximum absolute atomic E-state index is 13.0. The van der Waals surface area contributed by atoms with Crippen LogP contribution in [-0.4, -0.2) is 17.5 Å². The molecule has 3 N–H and O–H groups in total. The fraction of sp³-hybridized carbons (Fsp3) is 0.250. The molecule has 0 spiro atoms. The number of aliphatic hydroxyl groups excluding tert-OH is 1. The number of halogens is 3. The molecule has 23 heavy (non-hydrogen) atoms. The zero-order valence-corrected chi connectivity index (χ0v) is 12.8. The van der Waals surface area contributed by atoms with E-state index in [2.05, 4.69) is 9.47 Å². The minimum atomic E-state index is -3.66. The highest BCUT2D eigenvalue weighted by Gasteiger charge is 2.43. The van der Waals surface area contributed by atoms with E-state index in [0.717, 1.165) is 5.56 Å². The molecule has 4 nitrogen and oxygen atoms in total. The molecule has 0 saturated carbocycles. The molecular formula is C16H16ClF2NO3. The Morgan fingerprint density at radius 1 is 1.04 bits per heavy atom. The lowest BCUT2D eigenvalue weighted by molar-refractivity contribution is -0.286. The van der Waals surface area contributed by atoms with Crippen molar-refractivity contribution in [1.82, 2.24) is 0 Å². The van der Waals surface area contributed by atoms with Gasteiger partial charge in [-0.15, -0.1) is 21.2 Å². The van der Waals surface area contributed by atoms with E-state index >= 15 is 0 Å². The molecule has 0 unspecified atom stereocenters. The SMILES string of the molecule is Cl.N[C@H](c1ccc2c(c1)OC(F)(F)O2)[C@@H](O)Cc1ccccc1. The van der Waals surface area contributed by atoms with E-state index in [1.807, 2.05) is 30.3 Å². The molecule has 1 heterocycles. The third-order valence-corrected chi connectivity index (χ3v) is 3.51. The minimum absolute atomic E-state index is 0. The molecule has 0 bridgehead atoms. The number of hydrogen-bond donors (Lipinski definition) is 2. The second-order valence-electron chi connectivity index (χ2n) is 5.16. The van der Waals surface area contributed by atoms with Crippen LogP contribution < -0.4 is 15.2 Å².